The Balaban J connectivity index is 2.07. The Morgan fingerprint density at radius 3 is 3.25 bits per heavy atom. The van der Waals surface area contributed by atoms with Crippen LogP contribution in [0.25, 0.3) is 17.9 Å². The number of aromatic amines is 1. The van der Waals surface area contributed by atoms with Crippen LogP contribution >= 0.6 is 0 Å². The van der Waals surface area contributed by atoms with Gasteiger partial charge in [0.25, 0.3) is 5.56 Å². The van der Waals surface area contributed by atoms with Gasteiger partial charge in [-0.25, -0.2) is 4.98 Å². The van der Waals surface area contributed by atoms with Crippen molar-refractivity contribution in [1.29, 1.82) is 0 Å². The highest BCUT2D eigenvalue weighted by Gasteiger charge is 2.10. The van der Waals surface area contributed by atoms with E-state index in [4.69, 9.17) is 4.42 Å². The van der Waals surface area contributed by atoms with Crippen LogP contribution < -0.4 is 16.3 Å². The first-order chi connectivity index (χ1) is 9.81. The molecule has 3 heterocycles. The standard InChI is InChI=1S/C14H12N4O2/c19-13-12(8-9-4-3-7-20-9)18-14(16-13)15-10-5-1-2-6-11(10)17-18/h3-5,7-8H,1-2,6H2,(H,15,16,19)/b12-8-. The van der Waals surface area contributed by atoms with Gasteiger partial charge in [0.15, 0.2) is 0 Å². The zero-order valence-corrected chi connectivity index (χ0v) is 10.7. The summed E-state index contributed by atoms with van der Waals surface area (Å²) in [5.74, 6) is 1.08. The van der Waals surface area contributed by atoms with Gasteiger partial charge in [-0.1, -0.05) is 6.08 Å². The molecular weight excluding hydrogens is 256 g/mol. The van der Waals surface area contributed by atoms with Gasteiger partial charge in [0.05, 0.1) is 17.3 Å². The molecule has 0 radical (unpaired) electrons. The molecule has 0 bridgehead atoms. The van der Waals surface area contributed by atoms with Crippen molar-refractivity contribution in [2.75, 3.05) is 0 Å². The molecule has 0 fully saturated rings. The third-order valence-electron chi connectivity index (χ3n) is 3.41. The SMILES string of the molecule is O=c1[nH]c2nc3c(nn2/c1=C\c1ccco1)CCCC=3. The topological polar surface area (TPSA) is 76.2 Å². The Morgan fingerprint density at radius 2 is 2.40 bits per heavy atom. The van der Waals surface area contributed by atoms with Crippen molar-refractivity contribution in [3.8, 4) is 0 Å². The number of H-pyrrole nitrogens is 1. The van der Waals surface area contributed by atoms with Gasteiger partial charge in [-0.05, 0) is 31.4 Å². The number of imidazole rings is 1. The molecule has 0 unspecified atom stereocenters. The van der Waals surface area contributed by atoms with E-state index < -0.39 is 0 Å². The van der Waals surface area contributed by atoms with Crippen LogP contribution in [0.4, 0.5) is 0 Å². The monoisotopic (exact) mass is 268 g/mol. The third-order valence-corrected chi connectivity index (χ3v) is 3.41. The molecule has 4 rings (SSSR count). The van der Waals surface area contributed by atoms with Crippen molar-refractivity contribution >= 4 is 17.9 Å². The Hall–Kier alpha value is -2.63. The Morgan fingerprint density at radius 1 is 1.45 bits per heavy atom. The highest BCUT2D eigenvalue weighted by Crippen LogP contribution is 2.03. The molecule has 0 saturated heterocycles. The highest BCUT2D eigenvalue weighted by molar-refractivity contribution is 5.43. The maximum Gasteiger partial charge on any atom is 0.276 e. The lowest BCUT2D eigenvalue weighted by Gasteiger charge is -2.06. The fraction of sp³-hybridized carbons (Fsp3) is 0.214. The number of rotatable bonds is 1. The molecule has 100 valence electrons. The molecule has 3 aromatic heterocycles. The van der Waals surface area contributed by atoms with Crippen LogP contribution in [-0.4, -0.2) is 19.6 Å². The molecule has 0 saturated carbocycles. The van der Waals surface area contributed by atoms with Gasteiger partial charge in [-0.3, -0.25) is 9.78 Å². The molecule has 3 aromatic rings. The van der Waals surface area contributed by atoms with Gasteiger partial charge >= 0.3 is 0 Å². The van der Waals surface area contributed by atoms with Crippen molar-refractivity contribution in [1.82, 2.24) is 19.6 Å². The number of nitrogens with zero attached hydrogens (tertiary/aromatic N) is 3. The molecule has 20 heavy (non-hydrogen) atoms. The lowest BCUT2D eigenvalue weighted by molar-refractivity contribution is 0.556. The minimum Gasteiger partial charge on any atom is -0.465 e. The first-order valence-corrected chi connectivity index (χ1v) is 6.55. The lowest BCUT2D eigenvalue weighted by atomic mass is 10.1. The van der Waals surface area contributed by atoms with E-state index in [1.807, 2.05) is 0 Å². The maximum atomic E-state index is 12.0. The smallest absolute Gasteiger partial charge is 0.276 e. The summed E-state index contributed by atoms with van der Waals surface area (Å²) in [5.41, 5.74) is 0.714. The molecule has 0 aromatic carbocycles. The number of aromatic nitrogens is 4. The first-order valence-electron chi connectivity index (χ1n) is 6.55. The van der Waals surface area contributed by atoms with Crippen molar-refractivity contribution in [2.24, 2.45) is 0 Å². The summed E-state index contributed by atoms with van der Waals surface area (Å²) in [6.07, 6.45) is 8.26. The summed E-state index contributed by atoms with van der Waals surface area (Å²) < 4.78 is 6.81. The second kappa shape index (κ2) is 4.19. The summed E-state index contributed by atoms with van der Waals surface area (Å²) in [4.78, 5) is 19.2. The molecule has 1 N–H and O–H groups in total. The van der Waals surface area contributed by atoms with E-state index in [9.17, 15) is 4.79 Å². The summed E-state index contributed by atoms with van der Waals surface area (Å²) in [6.45, 7) is 0. The minimum atomic E-state index is -0.219. The van der Waals surface area contributed by atoms with Crippen LogP contribution in [0.3, 0.4) is 0 Å². The molecule has 1 aliphatic rings. The minimum absolute atomic E-state index is 0.219. The largest absolute Gasteiger partial charge is 0.465 e. The number of furan rings is 1. The predicted octanol–water partition coefficient (Wildman–Crippen LogP) is -0.0438. The Labute approximate surface area is 113 Å². The molecule has 0 amide bonds. The number of aryl methyl sites for hydroxylation is 1. The average molecular weight is 268 g/mol. The van der Waals surface area contributed by atoms with E-state index in [1.165, 1.54) is 0 Å². The summed E-state index contributed by atoms with van der Waals surface area (Å²) in [7, 11) is 0. The van der Waals surface area contributed by atoms with Gasteiger partial charge in [-0.2, -0.15) is 9.61 Å². The van der Waals surface area contributed by atoms with Gasteiger partial charge in [-0.15, -0.1) is 0 Å². The van der Waals surface area contributed by atoms with Crippen LogP contribution in [0.1, 0.15) is 24.3 Å². The Kier molecular flexibility index (Phi) is 2.35. The van der Waals surface area contributed by atoms with Crippen LogP contribution in [0, 0.1) is 0 Å². The van der Waals surface area contributed by atoms with E-state index in [2.05, 4.69) is 21.1 Å². The molecular formula is C14H12N4O2. The predicted molar refractivity (Wildman–Crippen MR) is 72.5 cm³/mol. The molecule has 0 atom stereocenters. The second-order valence-electron chi connectivity index (χ2n) is 4.77. The van der Waals surface area contributed by atoms with Gasteiger partial charge in [0.2, 0.25) is 5.78 Å². The second-order valence-corrected chi connectivity index (χ2v) is 4.77. The zero-order valence-electron chi connectivity index (χ0n) is 10.7. The number of nitrogens with one attached hydrogen (secondary N) is 1. The molecule has 6 heteroatoms. The quantitative estimate of drug-likeness (QED) is 0.671. The average Bonchev–Trinajstić information content (AvgIpc) is 3.06. The maximum absolute atomic E-state index is 12.0. The zero-order chi connectivity index (χ0) is 13.5. The molecule has 1 aliphatic carbocycles. The lowest BCUT2D eigenvalue weighted by Crippen LogP contribution is -2.30. The number of hydrogen-bond donors (Lipinski definition) is 1. The van der Waals surface area contributed by atoms with Crippen molar-refractivity contribution < 1.29 is 4.42 Å². The number of hydrogen-bond acceptors (Lipinski definition) is 4. The molecule has 0 spiro atoms. The van der Waals surface area contributed by atoms with Crippen LogP contribution in [0.2, 0.25) is 0 Å². The Bertz CT molecular complexity index is 948. The van der Waals surface area contributed by atoms with E-state index in [0.29, 0.717) is 16.9 Å². The van der Waals surface area contributed by atoms with Gasteiger partial charge < -0.3 is 4.42 Å². The van der Waals surface area contributed by atoms with E-state index in [0.717, 1.165) is 30.3 Å². The summed E-state index contributed by atoms with van der Waals surface area (Å²) >= 11 is 0. The van der Waals surface area contributed by atoms with E-state index in [-0.39, 0.29) is 5.56 Å². The van der Waals surface area contributed by atoms with E-state index >= 15 is 0 Å². The fourth-order valence-electron chi connectivity index (χ4n) is 2.44. The highest BCUT2D eigenvalue weighted by atomic mass is 16.3. The van der Waals surface area contributed by atoms with Gasteiger partial charge in [0.1, 0.15) is 11.1 Å². The fourth-order valence-corrected chi connectivity index (χ4v) is 2.44. The van der Waals surface area contributed by atoms with Crippen LogP contribution in [-0.2, 0) is 6.42 Å². The van der Waals surface area contributed by atoms with Crippen molar-refractivity contribution in [3.05, 3.63) is 50.9 Å². The summed E-state index contributed by atoms with van der Waals surface area (Å²) in [6, 6.07) is 3.57. The van der Waals surface area contributed by atoms with Crippen molar-refractivity contribution in [2.45, 2.75) is 19.3 Å². The third kappa shape index (κ3) is 1.69. The van der Waals surface area contributed by atoms with Crippen LogP contribution in [0.15, 0.2) is 27.6 Å². The molecule has 6 nitrogen and oxygen atoms in total. The normalized spacial score (nSPS) is 15.3. The number of fused-ring (bicyclic) bond motifs is 2. The van der Waals surface area contributed by atoms with Crippen molar-refractivity contribution in [3.63, 3.8) is 0 Å². The van der Waals surface area contributed by atoms with Gasteiger partial charge in [0, 0.05) is 6.08 Å². The first kappa shape index (κ1) is 11.2. The molecule has 0 aliphatic heterocycles. The van der Waals surface area contributed by atoms with Crippen LogP contribution in [0.5, 0.6) is 0 Å². The summed E-state index contributed by atoms with van der Waals surface area (Å²) in [5, 5.41) is 5.84. The van der Waals surface area contributed by atoms with E-state index in [1.54, 1.807) is 29.0 Å².